The molecule has 142 valence electrons. The van der Waals surface area contributed by atoms with Gasteiger partial charge in [0.25, 0.3) is 5.91 Å². The van der Waals surface area contributed by atoms with E-state index >= 15 is 0 Å². The van der Waals surface area contributed by atoms with Crippen LogP contribution in [0, 0.1) is 0 Å². The molecule has 2 aromatic heterocycles. The normalized spacial score (nSPS) is 10.9. The van der Waals surface area contributed by atoms with Gasteiger partial charge in [0.2, 0.25) is 0 Å². The van der Waals surface area contributed by atoms with Gasteiger partial charge in [0.15, 0.2) is 0 Å². The number of H-pyrrole nitrogens is 1. The Morgan fingerprint density at radius 1 is 1.18 bits per heavy atom. The maximum absolute atomic E-state index is 12.4. The number of thiazole rings is 1. The van der Waals surface area contributed by atoms with Crippen molar-refractivity contribution in [3.8, 4) is 5.75 Å². The van der Waals surface area contributed by atoms with Crippen LogP contribution < -0.4 is 10.1 Å². The molecule has 2 aromatic carbocycles. The maximum Gasteiger partial charge on any atom is 0.251 e. The number of imidazole rings is 1. The lowest BCUT2D eigenvalue weighted by atomic mass is 10.2. The minimum atomic E-state index is -0.108. The van der Waals surface area contributed by atoms with Crippen molar-refractivity contribution in [1.82, 2.24) is 20.3 Å². The summed E-state index contributed by atoms with van der Waals surface area (Å²) in [5, 5.41) is 4.90. The lowest BCUT2D eigenvalue weighted by Crippen LogP contribution is -2.24. The molecular weight excluding hydrogens is 372 g/mol. The number of ether oxygens (including phenoxy) is 1. The van der Waals surface area contributed by atoms with Crippen LogP contribution in [0.2, 0.25) is 0 Å². The highest BCUT2D eigenvalue weighted by Gasteiger charge is 2.07. The first kappa shape index (κ1) is 18.2. The van der Waals surface area contributed by atoms with Crippen LogP contribution in [0.4, 0.5) is 0 Å². The van der Waals surface area contributed by atoms with Gasteiger partial charge in [-0.1, -0.05) is 18.2 Å². The number of benzene rings is 2. The summed E-state index contributed by atoms with van der Waals surface area (Å²) in [4.78, 5) is 24.4. The number of para-hydroxylation sites is 2. The molecule has 0 radical (unpaired) electrons. The topological polar surface area (TPSA) is 79.9 Å². The van der Waals surface area contributed by atoms with Gasteiger partial charge in [0.05, 0.1) is 22.2 Å². The number of hydrogen-bond donors (Lipinski definition) is 2. The molecule has 6 nitrogen and oxygen atoms in total. The van der Waals surface area contributed by atoms with Crippen LogP contribution in [0.15, 0.2) is 59.4 Å². The van der Waals surface area contributed by atoms with Crippen molar-refractivity contribution in [2.75, 3.05) is 6.54 Å². The molecule has 0 spiro atoms. The monoisotopic (exact) mass is 392 g/mol. The van der Waals surface area contributed by atoms with Gasteiger partial charge in [-0.2, -0.15) is 0 Å². The number of nitrogens with zero attached hydrogens (tertiary/aromatic N) is 2. The Kier molecular flexibility index (Phi) is 5.63. The van der Waals surface area contributed by atoms with E-state index in [4.69, 9.17) is 4.74 Å². The van der Waals surface area contributed by atoms with Crippen LogP contribution in [0.3, 0.4) is 0 Å². The molecule has 2 heterocycles. The van der Waals surface area contributed by atoms with E-state index in [0.29, 0.717) is 24.5 Å². The van der Waals surface area contributed by atoms with Crippen molar-refractivity contribution >= 4 is 28.3 Å². The Morgan fingerprint density at radius 2 is 2.11 bits per heavy atom. The van der Waals surface area contributed by atoms with E-state index in [1.54, 1.807) is 17.6 Å². The number of aromatic nitrogens is 3. The van der Waals surface area contributed by atoms with Crippen LogP contribution in [-0.2, 0) is 13.0 Å². The van der Waals surface area contributed by atoms with Gasteiger partial charge in [0, 0.05) is 23.9 Å². The van der Waals surface area contributed by atoms with Crippen LogP contribution >= 0.6 is 11.3 Å². The third kappa shape index (κ3) is 4.55. The molecule has 28 heavy (non-hydrogen) atoms. The molecule has 0 aliphatic carbocycles. The molecule has 0 atom stereocenters. The molecule has 2 N–H and O–H groups in total. The van der Waals surface area contributed by atoms with E-state index in [0.717, 1.165) is 35.4 Å². The maximum atomic E-state index is 12.4. The van der Waals surface area contributed by atoms with Crippen LogP contribution in [-0.4, -0.2) is 27.4 Å². The van der Waals surface area contributed by atoms with E-state index in [-0.39, 0.29) is 5.91 Å². The summed E-state index contributed by atoms with van der Waals surface area (Å²) in [5.74, 6) is 1.49. The van der Waals surface area contributed by atoms with Crippen molar-refractivity contribution in [3.63, 3.8) is 0 Å². The molecule has 0 fully saturated rings. The van der Waals surface area contributed by atoms with E-state index in [2.05, 4.69) is 20.3 Å². The molecule has 0 bridgehead atoms. The number of amides is 1. The minimum Gasteiger partial charge on any atom is -0.487 e. The lowest BCUT2D eigenvalue weighted by Gasteiger charge is -2.08. The first-order valence-corrected chi connectivity index (χ1v) is 10.0. The highest BCUT2D eigenvalue weighted by atomic mass is 32.1. The summed E-state index contributed by atoms with van der Waals surface area (Å²) in [6, 6.07) is 15.1. The predicted octanol–water partition coefficient (Wildman–Crippen LogP) is 3.96. The number of nitrogens with one attached hydrogen (secondary N) is 2. The van der Waals surface area contributed by atoms with Gasteiger partial charge in [-0.25, -0.2) is 9.97 Å². The zero-order valence-electron chi connectivity index (χ0n) is 15.2. The largest absolute Gasteiger partial charge is 0.487 e. The molecule has 0 aliphatic heterocycles. The number of aryl methyl sites for hydroxylation is 1. The average molecular weight is 392 g/mol. The number of aromatic amines is 1. The van der Waals surface area contributed by atoms with Crippen LogP contribution in [0.1, 0.15) is 28.3 Å². The van der Waals surface area contributed by atoms with Crippen LogP contribution in [0.25, 0.3) is 11.0 Å². The third-order valence-electron chi connectivity index (χ3n) is 4.28. The Hall–Kier alpha value is -3.19. The van der Waals surface area contributed by atoms with Gasteiger partial charge in [-0.3, -0.25) is 4.79 Å². The number of hydrogen-bond acceptors (Lipinski definition) is 5. The molecule has 4 aromatic rings. The fourth-order valence-corrected chi connectivity index (χ4v) is 3.42. The first-order valence-electron chi connectivity index (χ1n) is 9.10. The Balaban J connectivity index is 1.25. The van der Waals surface area contributed by atoms with Gasteiger partial charge in [0.1, 0.15) is 18.2 Å². The van der Waals surface area contributed by atoms with Gasteiger partial charge in [-0.05, 0) is 36.8 Å². The van der Waals surface area contributed by atoms with E-state index in [9.17, 15) is 4.79 Å². The summed E-state index contributed by atoms with van der Waals surface area (Å²) in [7, 11) is 0. The molecule has 0 saturated heterocycles. The second kappa shape index (κ2) is 8.67. The minimum absolute atomic E-state index is 0.108. The summed E-state index contributed by atoms with van der Waals surface area (Å²) in [5.41, 5.74) is 5.24. The molecule has 1 amide bonds. The summed E-state index contributed by atoms with van der Waals surface area (Å²) >= 11 is 1.53. The zero-order chi connectivity index (χ0) is 19.2. The van der Waals surface area contributed by atoms with Gasteiger partial charge >= 0.3 is 0 Å². The lowest BCUT2D eigenvalue weighted by molar-refractivity contribution is 0.0952. The van der Waals surface area contributed by atoms with Crippen molar-refractivity contribution in [2.45, 2.75) is 19.4 Å². The highest BCUT2D eigenvalue weighted by molar-refractivity contribution is 7.07. The number of carbonyl (C=O) groups excluding carboxylic acids is 1. The Bertz CT molecular complexity index is 1030. The summed E-state index contributed by atoms with van der Waals surface area (Å²) in [6.07, 6.45) is 1.59. The van der Waals surface area contributed by atoms with Crippen LogP contribution in [0.5, 0.6) is 5.75 Å². The van der Waals surface area contributed by atoms with E-state index in [1.165, 1.54) is 11.3 Å². The zero-order valence-corrected chi connectivity index (χ0v) is 16.0. The van der Waals surface area contributed by atoms with Crippen molar-refractivity contribution in [1.29, 1.82) is 0 Å². The molecule has 4 rings (SSSR count). The third-order valence-corrected chi connectivity index (χ3v) is 4.92. The van der Waals surface area contributed by atoms with Gasteiger partial charge < -0.3 is 15.0 Å². The first-order chi connectivity index (χ1) is 13.8. The number of rotatable bonds is 8. The Labute approximate surface area is 166 Å². The van der Waals surface area contributed by atoms with E-state index < -0.39 is 0 Å². The highest BCUT2D eigenvalue weighted by Crippen LogP contribution is 2.15. The number of fused-ring (bicyclic) bond motifs is 1. The van der Waals surface area contributed by atoms with Crippen molar-refractivity contribution in [3.05, 3.63) is 76.5 Å². The summed E-state index contributed by atoms with van der Waals surface area (Å²) in [6.45, 7) is 0.978. The molecule has 0 aliphatic rings. The molecule has 0 unspecified atom stereocenters. The van der Waals surface area contributed by atoms with E-state index in [1.807, 2.05) is 41.8 Å². The molecule has 0 saturated carbocycles. The predicted molar refractivity (Wildman–Crippen MR) is 110 cm³/mol. The molecular formula is C21H20N4O2S. The second-order valence-electron chi connectivity index (χ2n) is 6.36. The van der Waals surface area contributed by atoms with Gasteiger partial charge in [-0.15, -0.1) is 11.3 Å². The second-order valence-corrected chi connectivity index (χ2v) is 7.08. The smallest absolute Gasteiger partial charge is 0.251 e. The fourth-order valence-electron chi connectivity index (χ4n) is 2.88. The SMILES string of the molecule is O=C(NCCCc1nc2ccccc2[nH]1)c1cccc(OCc2cscn2)c1. The number of carbonyl (C=O) groups is 1. The molecule has 7 heteroatoms. The summed E-state index contributed by atoms with van der Waals surface area (Å²) < 4.78 is 5.71. The fraction of sp³-hybridized carbons (Fsp3) is 0.190. The average Bonchev–Trinajstić information content (AvgIpc) is 3.39. The van der Waals surface area contributed by atoms with Crippen molar-refractivity contribution < 1.29 is 9.53 Å². The van der Waals surface area contributed by atoms with Crippen molar-refractivity contribution in [2.24, 2.45) is 0 Å². The standard InChI is InChI=1S/C21H20N4O2S/c26-21(15-5-3-6-17(11-15)27-12-16-13-28-14-23-16)22-10-4-9-20-24-18-7-1-2-8-19(18)25-20/h1-3,5-8,11,13-14H,4,9-10,12H2,(H,22,26)(H,24,25). The quantitative estimate of drug-likeness (QED) is 0.445. The Morgan fingerprint density at radius 3 is 2.96 bits per heavy atom.